The quantitative estimate of drug-likeness (QED) is 0.301. The molecule has 1 fully saturated rings. The Morgan fingerprint density at radius 3 is 2.26 bits per heavy atom. The number of hydrogen-bond donors (Lipinski definition) is 0. The molecule has 180 valence electrons. The number of para-hydroxylation sites is 4. The Balaban J connectivity index is 1.38. The molecule has 2 heterocycles. The fourth-order valence-electron chi connectivity index (χ4n) is 5.39. The zero-order valence-corrected chi connectivity index (χ0v) is 21.0. The number of imidazole rings is 1. The minimum Gasteiger partial charge on any atom is -0.493 e. The van der Waals surface area contributed by atoms with Crippen LogP contribution in [-0.4, -0.2) is 28.6 Å². The van der Waals surface area contributed by atoms with Crippen LogP contribution in [0.2, 0.25) is 0 Å². The van der Waals surface area contributed by atoms with E-state index in [0.29, 0.717) is 19.6 Å². The van der Waals surface area contributed by atoms with Gasteiger partial charge in [-0.2, -0.15) is 0 Å². The van der Waals surface area contributed by atoms with Gasteiger partial charge in [-0.25, -0.2) is 4.98 Å². The van der Waals surface area contributed by atoms with Gasteiger partial charge in [-0.05, 0) is 68.5 Å². The molecule has 5 rings (SSSR count). The first-order chi connectivity index (χ1) is 16.9. The number of aryl methyl sites for hydroxylation is 5. The van der Waals surface area contributed by atoms with Crippen molar-refractivity contribution in [2.45, 2.75) is 53.0 Å². The first-order valence-corrected chi connectivity index (χ1v) is 12.4. The maximum Gasteiger partial charge on any atom is 0.227 e. The molecule has 0 N–H and O–H groups in total. The zero-order chi connectivity index (χ0) is 24.5. The van der Waals surface area contributed by atoms with Crippen molar-refractivity contribution < 1.29 is 9.53 Å². The third kappa shape index (κ3) is 4.43. The van der Waals surface area contributed by atoms with Crippen LogP contribution in [0.4, 0.5) is 5.69 Å². The molecule has 1 aliphatic heterocycles. The summed E-state index contributed by atoms with van der Waals surface area (Å²) in [5, 5.41) is 0. The van der Waals surface area contributed by atoms with Gasteiger partial charge in [0.05, 0.1) is 17.6 Å². The van der Waals surface area contributed by atoms with Crippen LogP contribution in [0.3, 0.4) is 0 Å². The molecule has 0 radical (unpaired) electrons. The molecule has 4 aromatic rings. The molecule has 0 bridgehead atoms. The van der Waals surface area contributed by atoms with Crippen molar-refractivity contribution in [2.24, 2.45) is 0 Å². The van der Waals surface area contributed by atoms with E-state index in [1.54, 1.807) is 0 Å². The number of amides is 1. The van der Waals surface area contributed by atoms with Gasteiger partial charge in [-0.1, -0.05) is 48.5 Å². The smallest absolute Gasteiger partial charge is 0.227 e. The number of hydrogen-bond acceptors (Lipinski definition) is 3. The van der Waals surface area contributed by atoms with E-state index in [1.807, 2.05) is 17.0 Å². The van der Waals surface area contributed by atoms with Crippen LogP contribution in [0.5, 0.6) is 5.75 Å². The lowest BCUT2D eigenvalue weighted by molar-refractivity contribution is -0.117. The fraction of sp³-hybridized carbons (Fsp3) is 0.333. The Labute approximate surface area is 207 Å². The summed E-state index contributed by atoms with van der Waals surface area (Å²) in [5.41, 5.74) is 7.74. The van der Waals surface area contributed by atoms with Crippen LogP contribution in [0.15, 0.2) is 60.7 Å². The Hall–Kier alpha value is -3.60. The third-order valence-corrected chi connectivity index (χ3v) is 7.06. The summed E-state index contributed by atoms with van der Waals surface area (Å²) in [6.45, 7) is 10.4. The molecule has 5 nitrogen and oxygen atoms in total. The lowest BCUT2D eigenvalue weighted by Gasteiger charge is -2.21. The summed E-state index contributed by atoms with van der Waals surface area (Å²) in [6.07, 6.45) is 1.35. The average molecular weight is 468 g/mol. The van der Waals surface area contributed by atoms with Gasteiger partial charge in [0.1, 0.15) is 11.6 Å². The van der Waals surface area contributed by atoms with Gasteiger partial charge in [-0.15, -0.1) is 0 Å². The highest BCUT2D eigenvalue weighted by atomic mass is 16.5. The number of aromatic nitrogens is 2. The molecule has 0 spiro atoms. The van der Waals surface area contributed by atoms with Gasteiger partial charge in [0.25, 0.3) is 0 Å². The second-order valence-corrected chi connectivity index (χ2v) is 9.68. The van der Waals surface area contributed by atoms with Crippen LogP contribution in [-0.2, 0) is 11.3 Å². The normalized spacial score (nSPS) is 15.8. The Morgan fingerprint density at radius 2 is 1.54 bits per heavy atom. The minimum atomic E-state index is 0.0634. The maximum absolute atomic E-state index is 13.1. The largest absolute Gasteiger partial charge is 0.493 e. The second-order valence-electron chi connectivity index (χ2n) is 9.68. The number of benzene rings is 3. The highest BCUT2D eigenvalue weighted by Crippen LogP contribution is 2.36. The number of nitrogens with zero attached hydrogens (tertiary/aromatic N) is 3. The number of rotatable bonds is 7. The summed E-state index contributed by atoms with van der Waals surface area (Å²) in [4.78, 5) is 20.1. The molecule has 5 heteroatoms. The van der Waals surface area contributed by atoms with E-state index in [1.165, 1.54) is 0 Å². The Morgan fingerprint density at radius 1 is 0.886 bits per heavy atom. The zero-order valence-electron chi connectivity index (χ0n) is 21.0. The molecule has 0 saturated carbocycles. The van der Waals surface area contributed by atoms with E-state index in [0.717, 1.165) is 63.5 Å². The molecule has 1 aromatic heterocycles. The maximum atomic E-state index is 13.1. The summed E-state index contributed by atoms with van der Waals surface area (Å²) < 4.78 is 8.47. The third-order valence-electron chi connectivity index (χ3n) is 7.06. The molecule has 1 aliphatic rings. The number of carbonyl (C=O) groups is 1. The molecule has 1 atom stereocenters. The Bertz CT molecular complexity index is 1350. The highest BCUT2D eigenvalue weighted by Gasteiger charge is 2.35. The van der Waals surface area contributed by atoms with Gasteiger partial charge >= 0.3 is 0 Å². The lowest BCUT2D eigenvalue weighted by Crippen LogP contribution is -2.26. The molecule has 3 aromatic carbocycles. The van der Waals surface area contributed by atoms with E-state index < -0.39 is 0 Å². The van der Waals surface area contributed by atoms with Crippen molar-refractivity contribution in [1.82, 2.24) is 9.55 Å². The van der Waals surface area contributed by atoms with Crippen LogP contribution in [0.1, 0.15) is 46.8 Å². The van der Waals surface area contributed by atoms with Crippen molar-refractivity contribution in [3.05, 3.63) is 88.7 Å². The predicted octanol–water partition coefficient (Wildman–Crippen LogP) is 6.26. The lowest BCUT2D eigenvalue weighted by atomic mass is 10.1. The van der Waals surface area contributed by atoms with Gasteiger partial charge in [0.2, 0.25) is 5.91 Å². The number of carbonyl (C=O) groups excluding carboxylic acids is 1. The van der Waals surface area contributed by atoms with Gasteiger partial charge in [0, 0.05) is 31.1 Å². The standard InChI is InChI=1S/C30H33N3O2/c1-20-10-7-11-21(2)28(20)33-19-24(18-27(33)34)30-31-25-14-5-6-15-26(25)32(30)16-9-17-35-29-22(3)12-8-13-23(29)4/h5-8,10-15,24H,9,16-19H2,1-4H3. The van der Waals surface area contributed by atoms with E-state index in [9.17, 15) is 4.79 Å². The average Bonchev–Trinajstić information content (AvgIpc) is 3.39. The van der Waals surface area contributed by atoms with Crippen molar-refractivity contribution in [3.63, 3.8) is 0 Å². The summed E-state index contributed by atoms with van der Waals surface area (Å²) >= 11 is 0. The van der Waals surface area contributed by atoms with Gasteiger partial charge in [0.15, 0.2) is 0 Å². The second kappa shape index (κ2) is 9.57. The topological polar surface area (TPSA) is 47.4 Å². The van der Waals surface area contributed by atoms with Crippen molar-refractivity contribution in [2.75, 3.05) is 18.1 Å². The van der Waals surface area contributed by atoms with Crippen LogP contribution < -0.4 is 9.64 Å². The van der Waals surface area contributed by atoms with Crippen molar-refractivity contribution in [3.8, 4) is 5.75 Å². The van der Waals surface area contributed by atoms with E-state index in [4.69, 9.17) is 9.72 Å². The van der Waals surface area contributed by atoms with E-state index in [-0.39, 0.29) is 11.8 Å². The summed E-state index contributed by atoms with van der Waals surface area (Å²) in [7, 11) is 0. The van der Waals surface area contributed by atoms with E-state index in [2.05, 4.69) is 80.8 Å². The molecule has 1 saturated heterocycles. The summed E-state index contributed by atoms with van der Waals surface area (Å²) in [6, 6.07) is 20.7. The van der Waals surface area contributed by atoms with Gasteiger partial charge in [-0.3, -0.25) is 4.79 Å². The van der Waals surface area contributed by atoms with Gasteiger partial charge < -0.3 is 14.2 Å². The highest BCUT2D eigenvalue weighted by molar-refractivity contribution is 5.98. The summed E-state index contributed by atoms with van der Waals surface area (Å²) in [5.74, 6) is 2.21. The molecule has 35 heavy (non-hydrogen) atoms. The molecule has 1 unspecified atom stereocenters. The monoisotopic (exact) mass is 467 g/mol. The number of anilines is 1. The van der Waals surface area contributed by atoms with E-state index >= 15 is 0 Å². The molecular weight excluding hydrogens is 434 g/mol. The first-order valence-electron chi connectivity index (χ1n) is 12.4. The molecule has 1 amide bonds. The van der Waals surface area contributed by atoms with Crippen molar-refractivity contribution >= 4 is 22.6 Å². The fourth-order valence-corrected chi connectivity index (χ4v) is 5.39. The first kappa shape index (κ1) is 23.2. The van der Waals surface area contributed by atoms with Crippen molar-refractivity contribution in [1.29, 1.82) is 0 Å². The van der Waals surface area contributed by atoms with Crippen LogP contribution in [0, 0.1) is 27.7 Å². The minimum absolute atomic E-state index is 0.0634. The van der Waals surface area contributed by atoms with Crippen LogP contribution >= 0.6 is 0 Å². The molecule has 0 aliphatic carbocycles. The number of fused-ring (bicyclic) bond motifs is 1. The SMILES string of the molecule is Cc1cccc(C)c1OCCCn1c(C2CC(=O)N(c3c(C)cccc3C)C2)nc2ccccc21. The predicted molar refractivity (Wildman–Crippen MR) is 141 cm³/mol. The number of ether oxygens (including phenoxy) is 1. The molecular formula is C30H33N3O2. The Kier molecular flexibility index (Phi) is 6.33. The van der Waals surface area contributed by atoms with Crippen LogP contribution in [0.25, 0.3) is 11.0 Å².